The molecule has 0 spiro atoms. The molecule has 0 saturated carbocycles. The maximum atomic E-state index is 11.9. The Hall–Kier alpha value is -1.75. The molecule has 1 aliphatic heterocycles. The summed E-state index contributed by atoms with van der Waals surface area (Å²) in [4.78, 5) is 23.3. The lowest BCUT2D eigenvalue weighted by Crippen LogP contribution is -2.15. The largest absolute Gasteiger partial charge is 0.489 e. The highest BCUT2D eigenvalue weighted by Crippen LogP contribution is 2.40. The van der Waals surface area contributed by atoms with Gasteiger partial charge in [-0.25, -0.2) is 4.79 Å². The van der Waals surface area contributed by atoms with E-state index in [-0.39, 0.29) is 12.0 Å². The SMILES string of the molecule is COC(=O)c1cc(Cl)c(NC(C)=O)c2c1OC(C)CCC2. The molecule has 114 valence electrons. The van der Waals surface area contributed by atoms with Crippen molar-refractivity contribution in [3.63, 3.8) is 0 Å². The van der Waals surface area contributed by atoms with Crippen molar-refractivity contribution in [2.45, 2.75) is 39.2 Å². The van der Waals surface area contributed by atoms with Gasteiger partial charge in [-0.05, 0) is 32.3 Å². The number of ether oxygens (including phenoxy) is 2. The minimum Gasteiger partial charge on any atom is -0.489 e. The predicted octanol–water partition coefficient (Wildman–Crippen LogP) is 3.19. The van der Waals surface area contributed by atoms with Crippen LogP contribution in [0.1, 0.15) is 42.6 Å². The zero-order chi connectivity index (χ0) is 15.6. The third-order valence-corrected chi connectivity index (χ3v) is 3.69. The van der Waals surface area contributed by atoms with Gasteiger partial charge in [0.2, 0.25) is 5.91 Å². The fraction of sp³-hybridized carbons (Fsp3) is 0.467. The quantitative estimate of drug-likeness (QED) is 0.852. The highest BCUT2D eigenvalue weighted by atomic mass is 35.5. The van der Waals surface area contributed by atoms with Gasteiger partial charge in [-0.1, -0.05) is 11.6 Å². The molecule has 1 aromatic rings. The van der Waals surface area contributed by atoms with Crippen LogP contribution in [0.2, 0.25) is 5.02 Å². The fourth-order valence-corrected chi connectivity index (χ4v) is 2.73. The molecule has 0 aromatic heterocycles. The lowest BCUT2D eigenvalue weighted by Gasteiger charge is -2.19. The Morgan fingerprint density at radius 3 is 2.81 bits per heavy atom. The fourth-order valence-electron chi connectivity index (χ4n) is 2.46. The average Bonchev–Trinajstić information content (AvgIpc) is 2.62. The lowest BCUT2D eigenvalue weighted by molar-refractivity contribution is -0.114. The van der Waals surface area contributed by atoms with E-state index in [2.05, 4.69) is 5.32 Å². The first-order valence-electron chi connectivity index (χ1n) is 6.82. The molecule has 1 amide bonds. The normalized spacial score (nSPS) is 17.2. The maximum Gasteiger partial charge on any atom is 0.341 e. The van der Waals surface area contributed by atoms with Crippen LogP contribution < -0.4 is 10.1 Å². The zero-order valence-electron chi connectivity index (χ0n) is 12.3. The molecule has 0 saturated heterocycles. The van der Waals surface area contributed by atoms with Crippen molar-refractivity contribution < 1.29 is 19.1 Å². The van der Waals surface area contributed by atoms with Crippen LogP contribution in [-0.2, 0) is 16.0 Å². The predicted molar refractivity (Wildman–Crippen MR) is 80.1 cm³/mol. The van der Waals surface area contributed by atoms with Crippen molar-refractivity contribution >= 4 is 29.2 Å². The van der Waals surface area contributed by atoms with Gasteiger partial charge in [-0.15, -0.1) is 0 Å². The van der Waals surface area contributed by atoms with E-state index in [9.17, 15) is 9.59 Å². The third kappa shape index (κ3) is 3.29. The molecule has 21 heavy (non-hydrogen) atoms. The number of amides is 1. The topological polar surface area (TPSA) is 64.6 Å². The van der Waals surface area contributed by atoms with E-state index in [0.29, 0.717) is 28.4 Å². The van der Waals surface area contributed by atoms with Gasteiger partial charge in [-0.3, -0.25) is 4.79 Å². The Morgan fingerprint density at radius 1 is 1.48 bits per heavy atom. The van der Waals surface area contributed by atoms with Gasteiger partial charge in [0.05, 0.1) is 23.9 Å². The van der Waals surface area contributed by atoms with E-state index in [0.717, 1.165) is 18.4 Å². The van der Waals surface area contributed by atoms with E-state index in [1.165, 1.54) is 20.1 Å². The minimum absolute atomic E-state index is 0.0130. The molecule has 1 aliphatic rings. The van der Waals surface area contributed by atoms with Crippen LogP contribution in [0.15, 0.2) is 6.07 Å². The van der Waals surface area contributed by atoms with Crippen molar-refractivity contribution in [2.75, 3.05) is 12.4 Å². The molecule has 6 heteroatoms. The second kappa shape index (κ2) is 6.35. The first kappa shape index (κ1) is 15.6. The molecule has 1 aromatic carbocycles. The Labute approximate surface area is 128 Å². The number of esters is 1. The van der Waals surface area contributed by atoms with E-state index < -0.39 is 5.97 Å². The first-order chi connectivity index (χ1) is 9.93. The molecule has 1 N–H and O–H groups in total. The monoisotopic (exact) mass is 311 g/mol. The van der Waals surface area contributed by atoms with Gasteiger partial charge in [0, 0.05) is 12.5 Å². The lowest BCUT2D eigenvalue weighted by atomic mass is 10.0. The van der Waals surface area contributed by atoms with Crippen molar-refractivity contribution in [1.82, 2.24) is 0 Å². The van der Waals surface area contributed by atoms with Crippen LogP contribution in [0.5, 0.6) is 5.75 Å². The number of rotatable bonds is 2. The molecule has 5 nitrogen and oxygen atoms in total. The molecule has 2 rings (SSSR count). The number of benzene rings is 1. The summed E-state index contributed by atoms with van der Waals surface area (Å²) in [5.74, 6) is -0.265. The van der Waals surface area contributed by atoms with E-state index in [1.807, 2.05) is 6.92 Å². The van der Waals surface area contributed by atoms with Crippen LogP contribution in [0, 0.1) is 0 Å². The number of hydrogen-bond donors (Lipinski definition) is 1. The Morgan fingerprint density at radius 2 is 2.19 bits per heavy atom. The molecule has 1 heterocycles. The Balaban J connectivity index is 2.63. The highest BCUT2D eigenvalue weighted by Gasteiger charge is 2.26. The van der Waals surface area contributed by atoms with Gasteiger partial charge in [-0.2, -0.15) is 0 Å². The van der Waals surface area contributed by atoms with Gasteiger partial charge in [0.25, 0.3) is 0 Å². The van der Waals surface area contributed by atoms with Crippen molar-refractivity contribution in [3.8, 4) is 5.75 Å². The molecule has 0 aliphatic carbocycles. The second-order valence-electron chi connectivity index (χ2n) is 5.08. The number of halogens is 1. The molecule has 0 bridgehead atoms. The molecule has 0 radical (unpaired) electrons. The highest BCUT2D eigenvalue weighted by molar-refractivity contribution is 6.34. The van der Waals surface area contributed by atoms with Gasteiger partial charge in [0.15, 0.2) is 0 Å². The molecular formula is C15H18ClNO4. The van der Waals surface area contributed by atoms with Crippen LogP contribution in [0.3, 0.4) is 0 Å². The second-order valence-corrected chi connectivity index (χ2v) is 5.49. The number of nitrogens with one attached hydrogen (secondary N) is 1. The molecular weight excluding hydrogens is 294 g/mol. The number of carbonyl (C=O) groups is 2. The van der Waals surface area contributed by atoms with Crippen LogP contribution in [0.25, 0.3) is 0 Å². The number of methoxy groups -OCH3 is 1. The summed E-state index contributed by atoms with van der Waals surface area (Å²) in [6, 6.07) is 1.48. The minimum atomic E-state index is -0.503. The first-order valence-corrected chi connectivity index (χ1v) is 7.19. The smallest absolute Gasteiger partial charge is 0.341 e. The van der Waals surface area contributed by atoms with Crippen molar-refractivity contribution in [2.24, 2.45) is 0 Å². The maximum absolute atomic E-state index is 11.9. The summed E-state index contributed by atoms with van der Waals surface area (Å²) in [6.45, 7) is 3.36. The Kier molecular flexibility index (Phi) is 4.73. The number of anilines is 1. The zero-order valence-corrected chi connectivity index (χ0v) is 13.0. The van der Waals surface area contributed by atoms with Crippen LogP contribution >= 0.6 is 11.6 Å². The van der Waals surface area contributed by atoms with Crippen molar-refractivity contribution in [1.29, 1.82) is 0 Å². The number of hydrogen-bond acceptors (Lipinski definition) is 4. The third-order valence-electron chi connectivity index (χ3n) is 3.39. The summed E-state index contributed by atoms with van der Waals surface area (Å²) >= 11 is 6.22. The Bertz CT molecular complexity index is 586. The summed E-state index contributed by atoms with van der Waals surface area (Å²) in [7, 11) is 1.31. The standard InChI is InChI=1S/C15H18ClNO4/c1-8-5-4-6-10-13(17-9(2)18)12(16)7-11(14(10)21-8)15(19)20-3/h7-8H,4-6H2,1-3H3,(H,17,18). The van der Waals surface area contributed by atoms with Gasteiger partial charge in [0.1, 0.15) is 11.3 Å². The van der Waals surface area contributed by atoms with Gasteiger partial charge < -0.3 is 14.8 Å². The molecule has 1 unspecified atom stereocenters. The summed E-state index contributed by atoms with van der Waals surface area (Å²) < 4.78 is 10.7. The van der Waals surface area contributed by atoms with E-state index in [1.54, 1.807) is 0 Å². The van der Waals surface area contributed by atoms with Crippen LogP contribution in [0.4, 0.5) is 5.69 Å². The number of carbonyl (C=O) groups excluding carboxylic acids is 2. The number of fused-ring (bicyclic) bond motifs is 1. The summed E-state index contributed by atoms with van der Waals surface area (Å²) in [5, 5.41) is 3.03. The summed E-state index contributed by atoms with van der Waals surface area (Å²) in [6.07, 6.45) is 2.43. The van der Waals surface area contributed by atoms with Crippen molar-refractivity contribution in [3.05, 3.63) is 22.2 Å². The van der Waals surface area contributed by atoms with E-state index in [4.69, 9.17) is 21.1 Å². The molecule has 0 fully saturated rings. The average molecular weight is 312 g/mol. The molecule has 1 atom stereocenters. The van der Waals surface area contributed by atoms with E-state index >= 15 is 0 Å². The summed E-state index contributed by atoms with van der Waals surface area (Å²) in [5.41, 5.74) is 1.56. The van der Waals surface area contributed by atoms with Crippen LogP contribution in [-0.4, -0.2) is 25.1 Å². The van der Waals surface area contributed by atoms with Gasteiger partial charge >= 0.3 is 5.97 Å².